The van der Waals surface area contributed by atoms with Crippen LogP contribution >= 0.6 is 15.9 Å². The lowest BCUT2D eigenvalue weighted by Gasteiger charge is -2.11. The van der Waals surface area contributed by atoms with E-state index in [1.54, 1.807) is 18.3 Å². The summed E-state index contributed by atoms with van der Waals surface area (Å²) in [5.41, 5.74) is 2.91. The highest BCUT2D eigenvalue weighted by atomic mass is 79.9. The average Bonchev–Trinajstić information content (AvgIpc) is 2.55. The maximum absolute atomic E-state index is 9.42. The van der Waals surface area contributed by atoms with Gasteiger partial charge in [-0.15, -0.1) is 0 Å². The molecule has 0 radical (unpaired) electrons. The van der Waals surface area contributed by atoms with E-state index in [1.807, 2.05) is 48.5 Å². The molecule has 0 aliphatic heterocycles. The molecule has 1 aromatic heterocycles. The number of nitrogens with zero attached hydrogens (tertiary/aromatic N) is 1. The van der Waals surface area contributed by atoms with Crippen LogP contribution in [0, 0.1) is 0 Å². The zero-order valence-electron chi connectivity index (χ0n) is 11.7. The minimum atomic E-state index is 0.235. The number of halogens is 1. The number of pyridine rings is 1. The molecule has 0 aliphatic carbocycles. The van der Waals surface area contributed by atoms with E-state index in [1.165, 1.54) is 0 Å². The van der Waals surface area contributed by atoms with Gasteiger partial charge in [0, 0.05) is 16.2 Å². The summed E-state index contributed by atoms with van der Waals surface area (Å²) < 4.78 is 6.75. The molecule has 3 aromatic rings. The fourth-order valence-corrected chi connectivity index (χ4v) is 2.45. The summed E-state index contributed by atoms with van der Waals surface area (Å²) in [6.07, 6.45) is 1.71. The molecule has 0 spiro atoms. The van der Waals surface area contributed by atoms with Crippen molar-refractivity contribution in [2.75, 3.05) is 0 Å². The van der Waals surface area contributed by atoms with Crippen LogP contribution in [0.5, 0.6) is 11.6 Å². The number of aromatic hydroxyl groups is 1. The molecule has 110 valence electrons. The topological polar surface area (TPSA) is 42.4 Å². The smallest absolute Gasteiger partial charge is 0.221 e. The van der Waals surface area contributed by atoms with Crippen LogP contribution in [0.2, 0.25) is 0 Å². The lowest BCUT2D eigenvalue weighted by atomic mass is 10.1. The summed E-state index contributed by atoms with van der Waals surface area (Å²) >= 11 is 3.44. The lowest BCUT2D eigenvalue weighted by molar-refractivity contribution is 0.295. The predicted molar refractivity (Wildman–Crippen MR) is 89.8 cm³/mol. The van der Waals surface area contributed by atoms with Gasteiger partial charge < -0.3 is 9.84 Å². The van der Waals surface area contributed by atoms with Crippen LogP contribution in [-0.2, 0) is 6.61 Å². The molecule has 4 heteroatoms. The second-order valence-electron chi connectivity index (χ2n) is 4.83. The van der Waals surface area contributed by atoms with Gasteiger partial charge in [-0.2, -0.15) is 0 Å². The highest BCUT2D eigenvalue weighted by Crippen LogP contribution is 2.32. The molecule has 0 saturated carbocycles. The summed E-state index contributed by atoms with van der Waals surface area (Å²) in [6, 6.07) is 18.9. The third-order valence-electron chi connectivity index (χ3n) is 3.21. The van der Waals surface area contributed by atoms with Gasteiger partial charge in [-0.3, -0.25) is 0 Å². The molecule has 1 N–H and O–H groups in total. The van der Waals surface area contributed by atoms with Crippen LogP contribution in [0.4, 0.5) is 0 Å². The summed E-state index contributed by atoms with van der Waals surface area (Å²) in [7, 11) is 0. The highest BCUT2D eigenvalue weighted by molar-refractivity contribution is 9.10. The van der Waals surface area contributed by atoms with E-state index < -0.39 is 0 Å². The number of ether oxygens (including phenoxy) is 1. The van der Waals surface area contributed by atoms with E-state index in [0.717, 1.165) is 21.2 Å². The van der Waals surface area contributed by atoms with Crippen molar-refractivity contribution in [3.05, 3.63) is 76.9 Å². The van der Waals surface area contributed by atoms with Gasteiger partial charge in [-0.05, 0) is 45.3 Å². The molecule has 0 atom stereocenters. The monoisotopic (exact) mass is 355 g/mol. The summed E-state index contributed by atoms with van der Waals surface area (Å²) in [5.74, 6) is 0.802. The van der Waals surface area contributed by atoms with E-state index in [2.05, 4.69) is 20.9 Å². The first-order valence-electron chi connectivity index (χ1n) is 6.84. The first-order chi connectivity index (χ1) is 10.7. The van der Waals surface area contributed by atoms with Gasteiger partial charge in [0.2, 0.25) is 5.88 Å². The second-order valence-corrected chi connectivity index (χ2v) is 5.74. The number of rotatable bonds is 4. The maximum atomic E-state index is 9.42. The van der Waals surface area contributed by atoms with Crippen LogP contribution in [-0.4, -0.2) is 10.1 Å². The molecular formula is C18H14BrNO2. The van der Waals surface area contributed by atoms with Crippen molar-refractivity contribution in [2.24, 2.45) is 0 Å². The van der Waals surface area contributed by atoms with E-state index >= 15 is 0 Å². The van der Waals surface area contributed by atoms with E-state index in [9.17, 15) is 5.11 Å². The van der Waals surface area contributed by atoms with Gasteiger partial charge in [-0.25, -0.2) is 4.98 Å². The molecule has 22 heavy (non-hydrogen) atoms. The number of benzene rings is 2. The number of hydrogen-bond donors (Lipinski definition) is 1. The Balaban J connectivity index is 1.89. The Morgan fingerprint density at radius 3 is 2.45 bits per heavy atom. The van der Waals surface area contributed by atoms with Crippen molar-refractivity contribution in [1.29, 1.82) is 0 Å². The fraction of sp³-hybridized carbons (Fsp3) is 0.0556. The van der Waals surface area contributed by atoms with Crippen LogP contribution in [0.15, 0.2) is 71.3 Å². The Kier molecular flexibility index (Phi) is 4.39. The summed E-state index contributed by atoms with van der Waals surface area (Å²) in [5, 5.41) is 9.42. The number of phenolic OH excluding ortho intramolecular Hbond substituents is 1. The predicted octanol–water partition coefficient (Wildman–Crippen LogP) is 4.80. The molecule has 0 amide bonds. The standard InChI is InChI=1S/C18H14BrNO2/c19-15-10-17(14-6-8-16(21)9-7-14)18(20-11-15)22-12-13-4-2-1-3-5-13/h1-11,21H,12H2. The fourth-order valence-electron chi connectivity index (χ4n) is 2.12. The largest absolute Gasteiger partial charge is 0.508 e. The maximum Gasteiger partial charge on any atom is 0.221 e. The number of aromatic nitrogens is 1. The minimum Gasteiger partial charge on any atom is -0.508 e. The highest BCUT2D eigenvalue weighted by Gasteiger charge is 2.09. The van der Waals surface area contributed by atoms with Crippen molar-refractivity contribution in [1.82, 2.24) is 4.98 Å². The molecule has 3 nitrogen and oxygen atoms in total. The molecule has 0 bridgehead atoms. The van der Waals surface area contributed by atoms with E-state index in [0.29, 0.717) is 12.5 Å². The normalized spacial score (nSPS) is 10.4. The quantitative estimate of drug-likeness (QED) is 0.731. The van der Waals surface area contributed by atoms with Crippen LogP contribution in [0.3, 0.4) is 0 Å². The Morgan fingerprint density at radius 2 is 1.73 bits per heavy atom. The average molecular weight is 356 g/mol. The van der Waals surface area contributed by atoms with Gasteiger partial charge in [-0.1, -0.05) is 42.5 Å². The lowest BCUT2D eigenvalue weighted by Crippen LogP contribution is -1.99. The minimum absolute atomic E-state index is 0.235. The van der Waals surface area contributed by atoms with Crippen LogP contribution in [0.1, 0.15) is 5.56 Å². The van der Waals surface area contributed by atoms with Crippen molar-refractivity contribution in [2.45, 2.75) is 6.61 Å². The van der Waals surface area contributed by atoms with E-state index in [-0.39, 0.29) is 5.75 Å². The molecule has 0 fully saturated rings. The molecule has 3 rings (SSSR count). The van der Waals surface area contributed by atoms with Crippen molar-refractivity contribution < 1.29 is 9.84 Å². The van der Waals surface area contributed by atoms with Crippen molar-refractivity contribution in [3.63, 3.8) is 0 Å². The Labute approximate surface area is 137 Å². The van der Waals surface area contributed by atoms with Crippen LogP contribution < -0.4 is 4.74 Å². The summed E-state index contributed by atoms with van der Waals surface area (Å²) in [6.45, 7) is 0.459. The molecule has 1 heterocycles. The van der Waals surface area contributed by atoms with Gasteiger partial charge in [0.1, 0.15) is 12.4 Å². The van der Waals surface area contributed by atoms with Crippen molar-refractivity contribution >= 4 is 15.9 Å². The molecule has 0 saturated heterocycles. The first-order valence-corrected chi connectivity index (χ1v) is 7.63. The Bertz CT molecular complexity index is 758. The third kappa shape index (κ3) is 3.46. The number of phenols is 1. The zero-order valence-corrected chi connectivity index (χ0v) is 13.3. The molecule has 0 aliphatic rings. The number of hydrogen-bond acceptors (Lipinski definition) is 3. The van der Waals surface area contributed by atoms with Crippen LogP contribution in [0.25, 0.3) is 11.1 Å². The molecular weight excluding hydrogens is 342 g/mol. The molecule has 2 aromatic carbocycles. The Morgan fingerprint density at radius 1 is 1.00 bits per heavy atom. The van der Waals surface area contributed by atoms with Gasteiger partial charge in [0.05, 0.1) is 0 Å². The second kappa shape index (κ2) is 6.62. The first kappa shape index (κ1) is 14.6. The van der Waals surface area contributed by atoms with Gasteiger partial charge in [0.25, 0.3) is 0 Å². The van der Waals surface area contributed by atoms with Gasteiger partial charge >= 0.3 is 0 Å². The third-order valence-corrected chi connectivity index (χ3v) is 3.65. The zero-order chi connectivity index (χ0) is 15.4. The van der Waals surface area contributed by atoms with Crippen molar-refractivity contribution in [3.8, 4) is 22.8 Å². The van der Waals surface area contributed by atoms with Gasteiger partial charge in [0.15, 0.2) is 0 Å². The van der Waals surface area contributed by atoms with E-state index in [4.69, 9.17) is 4.74 Å². The SMILES string of the molecule is Oc1ccc(-c2cc(Br)cnc2OCc2ccccc2)cc1. The molecule has 0 unspecified atom stereocenters. The Hall–Kier alpha value is -2.33. The summed E-state index contributed by atoms with van der Waals surface area (Å²) in [4.78, 5) is 4.36.